The number of aromatic nitrogens is 3. The summed E-state index contributed by atoms with van der Waals surface area (Å²) in [5.74, 6) is 1.20. The average Bonchev–Trinajstić information content (AvgIpc) is 3.14. The SMILES string of the molecule is CCC(c1ccccn1)c1cc2c(N)nc(-c3cccc(C#N)c3)nc2s1. The van der Waals surface area contributed by atoms with Crippen molar-refractivity contribution in [2.75, 3.05) is 5.73 Å². The summed E-state index contributed by atoms with van der Waals surface area (Å²) in [7, 11) is 0. The molecule has 4 rings (SSSR count). The molecule has 0 amide bonds. The number of hydrogen-bond donors (Lipinski definition) is 1. The van der Waals surface area contributed by atoms with Crippen molar-refractivity contribution >= 4 is 27.4 Å². The molecule has 1 aromatic carbocycles. The number of pyridine rings is 1. The molecule has 0 saturated heterocycles. The van der Waals surface area contributed by atoms with Crippen LogP contribution in [0.1, 0.15) is 35.4 Å². The molecule has 132 valence electrons. The fourth-order valence-corrected chi connectivity index (χ4v) is 4.36. The van der Waals surface area contributed by atoms with Crippen LogP contribution < -0.4 is 5.73 Å². The standard InChI is InChI=1S/C21H17N5S/c1-2-15(17-8-3-4-9-24-17)18-11-16-19(23)25-20(26-21(16)27-18)14-7-5-6-13(10-14)12-22/h3-11,15H,2H2,1H3,(H2,23,25,26). The molecule has 1 unspecified atom stereocenters. The number of nitriles is 1. The minimum absolute atomic E-state index is 0.204. The highest BCUT2D eigenvalue weighted by molar-refractivity contribution is 7.18. The van der Waals surface area contributed by atoms with Crippen molar-refractivity contribution in [3.63, 3.8) is 0 Å². The Morgan fingerprint density at radius 3 is 2.78 bits per heavy atom. The van der Waals surface area contributed by atoms with Crippen molar-refractivity contribution in [1.29, 1.82) is 5.26 Å². The number of nitrogens with two attached hydrogens (primary N) is 1. The number of rotatable bonds is 4. The number of benzene rings is 1. The van der Waals surface area contributed by atoms with Gasteiger partial charge in [-0.15, -0.1) is 11.3 Å². The minimum atomic E-state index is 0.204. The van der Waals surface area contributed by atoms with E-state index in [0.717, 1.165) is 27.9 Å². The molecule has 6 heteroatoms. The highest BCUT2D eigenvalue weighted by Crippen LogP contribution is 2.37. The molecule has 0 aliphatic carbocycles. The monoisotopic (exact) mass is 371 g/mol. The van der Waals surface area contributed by atoms with Crippen LogP contribution in [0.4, 0.5) is 5.82 Å². The Morgan fingerprint density at radius 1 is 1.15 bits per heavy atom. The van der Waals surface area contributed by atoms with Crippen molar-refractivity contribution in [3.05, 3.63) is 70.9 Å². The molecule has 0 radical (unpaired) electrons. The summed E-state index contributed by atoms with van der Waals surface area (Å²) in [6.45, 7) is 2.15. The second-order valence-electron chi connectivity index (χ2n) is 6.21. The van der Waals surface area contributed by atoms with E-state index in [2.05, 4.69) is 29.0 Å². The zero-order chi connectivity index (χ0) is 18.8. The Morgan fingerprint density at radius 2 is 2.04 bits per heavy atom. The summed E-state index contributed by atoms with van der Waals surface area (Å²) in [5, 5.41) is 9.98. The molecule has 0 fully saturated rings. The van der Waals surface area contributed by atoms with Gasteiger partial charge >= 0.3 is 0 Å². The summed E-state index contributed by atoms with van der Waals surface area (Å²) in [5.41, 5.74) is 8.63. The zero-order valence-electron chi connectivity index (χ0n) is 14.8. The Labute approximate surface area is 161 Å². The lowest BCUT2D eigenvalue weighted by molar-refractivity contribution is 0.763. The third-order valence-corrected chi connectivity index (χ3v) is 5.63. The third kappa shape index (κ3) is 3.25. The summed E-state index contributed by atoms with van der Waals surface area (Å²) < 4.78 is 0. The maximum Gasteiger partial charge on any atom is 0.163 e. The molecule has 5 nitrogen and oxygen atoms in total. The minimum Gasteiger partial charge on any atom is -0.383 e. The molecule has 0 spiro atoms. The average molecular weight is 371 g/mol. The molecular formula is C21H17N5S. The lowest BCUT2D eigenvalue weighted by Gasteiger charge is -2.11. The first kappa shape index (κ1) is 17.1. The van der Waals surface area contributed by atoms with E-state index < -0.39 is 0 Å². The number of thiophene rings is 1. The van der Waals surface area contributed by atoms with Crippen LogP contribution in [0.5, 0.6) is 0 Å². The molecule has 4 aromatic rings. The third-order valence-electron chi connectivity index (χ3n) is 4.49. The maximum atomic E-state index is 9.12. The van der Waals surface area contributed by atoms with Gasteiger partial charge in [0.1, 0.15) is 10.6 Å². The molecule has 0 saturated carbocycles. The lowest BCUT2D eigenvalue weighted by atomic mass is 9.99. The molecular weight excluding hydrogens is 354 g/mol. The Bertz CT molecular complexity index is 1140. The number of nitrogen functional groups attached to an aromatic ring is 1. The molecule has 0 aliphatic rings. The van der Waals surface area contributed by atoms with Gasteiger partial charge in [0.2, 0.25) is 0 Å². The van der Waals surface area contributed by atoms with Gasteiger partial charge in [0, 0.05) is 28.2 Å². The summed E-state index contributed by atoms with van der Waals surface area (Å²) in [6.07, 6.45) is 2.76. The predicted molar refractivity (Wildman–Crippen MR) is 108 cm³/mol. The molecule has 3 heterocycles. The predicted octanol–water partition coefficient (Wildman–Crippen LogP) is 4.75. The second-order valence-corrected chi connectivity index (χ2v) is 7.27. The van der Waals surface area contributed by atoms with E-state index in [9.17, 15) is 0 Å². The Balaban J connectivity index is 1.81. The van der Waals surface area contributed by atoms with Gasteiger partial charge in [0.15, 0.2) is 5.82 Å². The largest absolute Gasteiger partial charge is 0.383 e. The number of hydrogen-bond acceptors (Lipinski definition) is 6. The first-order valence-electron chi connectivity index (χ1n) is 8.68. The van der Waals surface area contributed by atoms with E-state index in [0.29, 0.717) is 17.2 Å². The van der Waals surface area contributed by atoms with Gasteiger partial charge in [0.05, 0.1) is 17.0 Å². The zero-order valence-corrected chi connectivity index (χ0v) is 15.6. The molecule has 3 aromatic heterocycles. The van der Waals surface area contributed by atoms with Gasteiger partial charge in [-0.3, -0.25) is 4.98 Å². The highest BCUT2D eigenvalue weighted by atomic mass is 32.1. The first-order chi connectivity index (χ1) is 13.2. The lowest BCUT2D eigenvalue weighted by Crippen LogP contribution is -1.99. The smallest absolute Gasteiger partial charge is 0.163 e. The van der Waals surface area contributed by atoms with Crippen molar-refractivity contribution in [2.24, 2.45) is 0 Å². The van der Waals surface area contributed by atoms with Gasteiger partial charge in [-0.25, -0.2) is 9.97 Å². The number of anilines is 1. The van der Waals surface area contributed by atoms with Crippen LogP contribution >= 0.6 is 11.3 Å². The van der Waals surface area contributed by atoms with Crippen LogP contribution in [0.25, 0.3) is 21.6 Å². The Kier molecular flexibility index (Phi) is 4.53. The van der Waals surface area contributed by atoms with Crippen molar-refractivity contribution in [2.45, 2.75) is 19.3 Å². The van der Waals surface area contributed by atoms with Crippen molar-refractivity contribution in [3.8, 4) is 17.5 Å². The highest BCUT2D eigenvalue weighted by Gasteiger charge is 2.19. The fraction of sp³-hybridized carbons (Fsp3) is 0.143. The molecule has 2 N–H and O–H groups in total. The van der Waals surface area contributed by atoms with Gasteiger partial charge < -0.3 is 5.73 Å². The van der Waals surface area contributed by atoms with Crippen LogP contribution in [-0.4, -0.2) is 15.0 Å². The van der Waals surface area contributed by atoms with E-state index >= 15 is 0 Å². The van der Waals surface area contributed by atoms with E-state index in [1.165, 1.54) is 4.88 Å². The van der Waals surface area contributed by atoms with Crippen LogP contribution in [0.3, 0.4) is 0 Å². The van der Waals surface area contributed by atoms with Crippen molar-refractivity contribution in [1.82, 2.24) is 15.0 Å². The summed E-state index contributed by atoms with van der Waals surface area (Å²) >= 11 is 1.62. The fourth-order valence-electron chi connectivity index (χ4n) is 3.13. The molecule has 27 heavy (non-hydrogen) atoms. The normalized spacial score (nSPS) is 12.0. The van der Waals surface area contributed by atoms with Gasteiger partial charge in [-0.2, -0.15) is 5.26 Å². The molecule has 1 atom stereocenters. The van der Waals surface area contributed by atoms with E-state index in [-0.39, 0.29) is 5.92 Å². The van der Waals surface area contributed by atoms with E-state index in [1.54, 1.807) is 23.5 Å². The quantitative estimate of drug-likeness (QED) is 0.559. The Hall–Kier alpha value is -3.30. The number of nitrogens with zero attached hydrogens (tertiary/aromatic N) is 4. The van der Waals surface area contributed by atoms with Crippen LogP contribution in [0.15, 0.2) is 54.7 Å². The maximum absolute atomic E-state index is 9.12. The van der Waals surface area contributed by atoms with E-state index in [4.69, 9.17) is 16.0 Å². The van der Waals surface area contributed by atoms with Gasteiger partial charge in [-0.1, -0.05) is 25.1 Å². The van der Waals surface area contributed by atoms with Crippen LogP contribution in [0, 0.1) is 11.3 Å². The van der Waals surface area contributed by atoms with Crippen molar-refractivity contribution < 1.29 is 0 Å². The number of fused-ring (bicyclic) bond motifs is 1. The van der Waals surface area contributed by atoms with Crippen LogP contribution in [0.2, 0.25) is 0 Å². The van der Waals surface area contributed by atoms with E-state index in [1.807, 2.05) is 36.5 Å². The van der Waals surface area contributed by atoms with Gasteiger partial charge in [-0.05, 0) is 36.8 Å². The summed E-state index contributed by atoms with van der Waals surface area (Å²) in [4.78, 5) is 15.7. The molecule has 0 bridgehead atoms. The van der Waals surface area contributed by atoms with Gasteiger partial charge in [0.25, 0.3) is 0 Å². The van der Waals surface area contributed by atoms with Crippen LogP contribution in [-0.2, 0) is 0 Å². The second kappa shape index (κ2) is 7.14. The molecule has 0 aliphatic heterocycles. The first-order valence-corrected chi connectivity index (χ1v) is 9.49. The topological polar surface area (TPSA) is 88.5 Å². The summed E-state index contributed by atoms with van der Waals surface area (Å²) in [6, 6.07) is 17.4.